The molecule has 5 heterocycles. The van der Waals surface area contributed by atoms with E-state index in [1.54, 1.807) is 30.3 Å². The van der Waals surface area contributed by atoms with Crippen molar-refractivity contribution >= 4 is 62.0 Å². The Morgan fingerprint density at radius 1 is 0.922 bits per heavy atom. The van der Waals surface area contributed by atoms with Crippen LogP contribution >= 0.6 is 10.2 Å². The lowest BCUT2D eigenvalue weighted by atomic mass is 9.60. The number of piperidine rings is 2. The van der Waals surface area contributed by atoms with Crippen LogP contribution in [0.25, 0.3) is 10.9 Å². The molecule has 14 nitrogen and oxygen atoms in total. The van der Waals surface area contributed by atoms with E-state index in [0.29, 0.717) is 28.6 Å². The molecular formula is C44H49F5N8O6S. The highest BCUT2D eigenvalue weighted by Crippen LogP contribution is 3.01. The molecule has 1 spiro atoms. The van der Waals surface area contributed by atoms with Gasteiger partial charge in [0, 0.05) is 47.5 Å². The van der Waals surface area contributed by atoms with Gasteiger partial charge in [-0.25, -0.2) is 4.98 Å². The molecule has 2 saturated carbocycles. The number of pyridine rings is 1. The van der Waals surface area contributed by atoms with Crippen molar-refractivity contribution in [2.24, 2.45) is 11.3 Å². The molecule has 4 N–H and O–H groups in total. The largest absolute Gasteiger partial charge is 0.386 e. The second kappa shape index (κ2) is 14.8. The summed E-state index contributed by atoms with van der Waals surface area (Å²) in [6.45, 7) is 5.94. The quantitative estimate of drug-likeness (QED) is 0.0899. The summed E-state index contributed by atoms with van der Waals surface area (Å²) in [6, 6.07) is 9.25. The topological polar surface area (TPSA) is 179 Å². The maximum atomic E-state index is 13.6. The molecule has 64 heavy (non-hydrogen) atoms. The zero-order chi connectivity index (χ0) is 45.6. The van der Waals surface area contributed by atoms with Crippen molar-refractivity contribution in [1.82, 2.24) is 29.9 Å². The maximum absolute atomic E-state index is 13.6. The van der Waals surface area contributed by atoms with Crippen LogP contribution in [0.4, 0.5) is 30.8 Å². The van der Waals surface area contributed by atoms with E-state index in [1.165, 1.54) is 13.8 Å². The van der Waals surface area contributed by atoms with Gasteiger partial charge in [-0.15, -0.1) is 0 Å². The van der Waals surface area contributed by atoms with Gasteiger partial charge >= 0.3 is 10.2 Å². The number of carbonyl (C=O) groups excluding carboxylic acids is 5. The first-order chi connectivity index (χ1) is 29.9. The molecule has 0 bridgehead atoms. The number of likely N-dealkylation sites (tertiary alicyclic amines) is 1. The number of fused-ring (bicyclic) bond motifs is 2. The van der Waals surface area contributed by atoms with Crippen molar-refractivity contribution in [2.45, 2.75) is 107 Å². The van der Waals surface area contributed by atoms with E-state index in [0.717, 1.165) is 82.0 Å². The van der Waals surface area contributed by atoms with Crippen molar-refractivity contribution in [2.75, 3.05) is 30.3 Å². The summed E-state index contributed by atoms with van der Waals surface area (Å²) in [6.07, 6.45) is 9.81. The number of nitrogens with zero attached hydrogens (tertiary/aromatic N) is 5. The van der Waals surface area contributed by atoms with E-state index in [2.05, 4.69) is 25.8 Å². The minimum absolute atomic E-state index is 0.0596. The number of carbonyl (C=O) groups is 5. The molecule has 2 aromatic heterocycles. The number of nitrogens with one attached hydrogen (secondary N) is 3. The van der Waals surface area contributed by atoms with Crippen molar-refractivity contribution in [3.05, 3.63) is 77.1 Å². The Hall–Kier alpha value is -5.47. The van der Waals surface area contributed by atoms with Crippen molar-refractivity contribution in [1.29, 1.82) is 0 Å². The maximum Gasteiger partial charge on any atom is 0.325 e. The van der Waals surface area contributed by atoms with Crippen LogP contribution in [-0.4, -0.2) is 90.9 Å². The Balaban J connectivity index is 0.772. The average molecular weight is 913 g/mol. The van der Waals surface area contributed by atoms with Gasteiger partial charge in [0.15, 0.2) is 5.03 Å². The minimum Gasteiger partial charge on any atom is -0.386 e. The fourth-order valence-corrected chi connectivity index (χ4v) is 11.0. The molecule has 9 rings (SSSR count). The van der Waals surface area contributed by atoms with Gasteiger partial charge in [-0.05, 0) is 132 Å². The summed E-state index contributed by atoms with van der Waals surface area (Å²) in [5.74, 6) is -2.74. The highest BCUT2D eigenvalue weighted by atomic mass is 32.5. The normalized spacial score (nSPS) is 24.2. The minimum atomic E-state index is -10.1. The molecule has 20 heteroatoms. The van der Waals surface area contributed by atoms with Gasteiger partial charge in [-0.2, -0.15) is 5.10 Å². The molecule has 2 aliphatic carbocycles. The van der Waals surface area contributed by atoms with Crippen LogP contribution in [0.1, 0.15) is 121 Å². The Kier molecular flexibility index (Phi) is 10.1. The number of hydrogen-bond acceptors (Lipinski definition) is 10. The number of aromatic nitrogens is 3. The van der Waals surface area contributed by atoms with Crippen LogP contribution in [0.5, 0.6) is 0 Å². The fourth-order valence-electron chi connectivity index (χ4n) is 10.3. The summed E-state index contributed by atoms with van der Waals surface area (Å²) >= 11 is 0. The van der Waals surface area contributed by atoms with Crippen molar-refractivity contribution in [3.8, 4) is 0 Å². The molecule has 4 fully saturated rings. The number of halogens is 5. The number of hydrogen-bond donors (Lipinski definition) is 4. The SMILES string of the molecule is CC(C)(O)c1cc2nn([C@H]3CC[C@H](CN4CCC5(CC4)CC(Nc4cccc6c4C(=O)N(C4CCC(=O)NC4=O)C6=O)C5)CC3)cc2cc1NC(=O)c1cccc(S(F)(F)(F)(F)F)n1. The van der Waals surface area contributed by atoms with Gasteiger partial charge in [0.1, 0.15) is 11.7 Å². The van der Waals surface area contributed by atoms with Crippen LogP contribution in [0.15, 0.2) is 59.8 Å². The van der Waals surface area contributed by atoms with Gasteiger partial charge in [-0.1, -0.05) is 31.6 Å². The van der Waals surface area contributed by atoms with Crippen LogP contribution in [0.2, 0.25) is 0 Å². The Labute approximate surface area is 365 Å². The van der Waals surface area contributed by atoms with E-state index < -0.39 is 62.1 Å². The summed E-state index contributed by atoms with van der Waals surface area (Å²) in [5, 5.41) is 22.2. The number of imide groups is 2. The predicted molar refractivity (Wildman–Crippen MR) is 227 cm³/mol. The molecule has 5 aliphatic rings. The third-order valence-electron chi connectivity index (χ3n) is 13.7. The number of anilines is 2. The molecule has 342 valence electrons. The van der Waals surface area contributed by atoms with Gasteiger partial charge in [0.05, 0.1) is 28.3 Å². The number of aliphatic hydroxyl groups is 1. The van der Waals surface area contributed by atoms with E-state index in [-0.39, 0.29) is 58.8 Å². The highest BCUT2D eigenvalue weighted by Gasteiger charge is 2.67. The lowest BCUT2D eigenvalue weighted by Crippen LogP contribution is -2.54. The molecule has 4 aromatic rings. The van der Waals surface area contributed by atoms with Crippen molar-refractivity contribution in [3.63, 3.8) is 0 Å². The molecule has 2 saturated heterocycles. The summed E-state index contributed by atoms with van der Waals surface area (Å²) in [4.78, 5) is 70.6. The van der Waals surface area contributed by atoms with Crippen LogP contribution < -0.4 is 16.0 Å². The predicted octanol–water partition coefficient (Wildman–Crippen LogP) is 8.06. The lowest BCUT2D eigenvalue weighted by molar-refractivity contribution is -0.136. The number of amides is 5. The molecule has 5 amide bonds. The summed E-state index contributed by atoms with van der Waals surface area (Å²) in [7, 11) is -10.1. The Morgan fingerprint density at radius 2 is 1.62 bits per heavy atom. The standard InChI is InChI=1S/C44H49F5N8O6S/c1-43(2,63)30-20-33-26(19-34(30)52-39(59)32-7-4-8-37(51-32)64(45,46,47,48)49)24-56(54-33)28-11-9-25(10-12-28)23-55-17-15-44(16-18-55)21-27(22-44)50-31-6-3-5-29-38(31)42(62)57(41(29)61)35-13-14-36(58)53-40(35)60/h3-8,19-20,24-25,27-28,35,50,63H,9-18,21-23H2,1-2H3,(H,52,59)(H,53,58,60)/t25-,28-,35?. The molecule has 0 radical (unpaired) electrons. The van der Waals surface area contributed by atoms with Gasteiger partial charge in [0.25, 0.3) is 17.7 Å². The second-order valence-corrected chi connectivity index (χ2v) is 21.2. The van der Waals surface area contributed by atoms with Gasteiger partial charge < -0.3 is 20.6 Å². The smallest absolute Gasteiger partial charge is 0.325 e. The number of rotatable bonds is 10. The van der Waals surface area contributed by atoms with E-state index >= 15 is 0 Å². The third kappa shape index (κ3) is 8.46. The number of benzene rings is 2. The first-order valence-corrected chi connectivity index (χ1v) is 23.5. The highest BCUT2D eigenvalue weighted by molar-refractivity contribution is 8.45. The van der Waals surface area contributed by atoms with Gasteiger partial charge in [0.2, 0.25) is 11.8 Å². The Morgan fingerprint density at radius 3 is 2.30 bits per heavy atom. The first-order valence-electron chi connectivity index (χ1n) is 21.6. The van der Waals surface area contributed by atoms with Crippen molar-refractivity contribution < 1.29 is 48.5 Å². The average Bonchev–Trinajstić information content (AvgIpc) is 3.74. The molecule has 3 aliphatic heterocycles. The van der Waals surface area contributed by atoms with Gasteiger partial charge in [-0.3, -0.25) is 38.9 Å². The van der Waals surface area contributed by atoms with E-state index in [4.69, 9.17) is 5.10 Å². The molecule has 1 atom stereocenters. The monoisotopic (exact) mass is 912 g/mol. The van der Waals surface area contributed by atoms with E-state index in [9.17, 15) is 48.5 Å². The lowest BCUT2D eigenvalue weighted by Gasteiger charge is -2.53. The van der Waals surface area contributed by atoms with Crippen LogP contribution in [0.3, 0.4) is 0 Å². The zero-order valence-corrected chi connectivity index (χ0v) is 36.0. The summed E-state index contributed by atoms with van der Waals surface area (Å²) in [5.41, 5.74) is -0.179. The third-order valence-corrected chi connectivity index (χ3v) is 14.7. The molecule has 1 unspecified atom stereocenters. The fraction of sp³-hybridized carbons (Fsp3) is 0.477. The Bertz CT molecular complexity index is 2610. The summed E-state index contributed by atoms with van der Waals surface area (Å²) < 4.78 is 69.0. The van der Waals surface area contributed by atoms with Crippen LogP contribution in [0, 0.1) is 11.3 Å². The van der Waals surface area contributed by atoms with Crippen LogP contribution in [-0.2, 0) is 15.2 Å². The molecule has 2 aromatic carbocycles. The van der Waals surface area contributed by atoms with E-state index in [1.807, 2.05) is 10.9 Å². The molecular weight excluding hydrogens is 864 g/mol. The second-order valence-electron chi connectivity index (χ2n) is 18.8. The zero-order valence-electron chi connectivity index (χ0n) is 35.2. The first kappa shape index (κ1) is 43.8.